The Bertz CT molecular complexity index is 1460. The highest BCUT2D eigenvalue weighted by Gasteiger charge is 2.27. The van der Waals surface area contributed by atoms with Crippen molar-refractivity contribution in [1.29, 1.82) is 0 Å². The first-order chi connectivity index (χ1) is 17.1. The Hall–Kier alpha value is -3.25. The summed E-state index contributed by atoms with van der Waals surface area (Å²) in [7, 11) is -7.55. The van der Waals surface area contributed by atoms with Gasteiger partial charge in [0.2, 0.25) is 10.0 Å². The number of sulfonamides is 2. The van der Waals surface area contributed by atoms with Crippen LogP contribution in [0.3, 0.4) is 0 Å². The first-order valence-electron chi connectivity index (χ1n) is 11.3. The number of hydrogen-bond acceptors (Lipinski definition) is 6. The van der Waals surface area contributed by atoms with Crippen LogP contribution < -0.4 is 10.0 Å². The first kappa shape index (κ1) is 25.8. The van der Waals surface area contributed by atoms with Crippen molar-refractivity contribution < 1.29 is 26.4 Å². The van der Waals surface area contributed by atoms with Crippen molar-refractivity contribution in [3.05, 3.63) is 83.4 Å². The molecule has 1 aliphatic heterocycles. The zero-order valence-corrected chi connectivity index (χ0v) is 21.5. The van der Waals surface area contributed by atoms with Gasteiger partial charge in [-0.25, -0.2) is 16.8 Å². The van der Waals surface area contributed by atoms with Gasteiger partial charge in [0.15, 0.2) is 0 Å². The molecule has 0 bridgehead atoms. The minimum Gasteiger partial charge on any atom is -0.379 e. The number of aryl methyl sites for hydroxylation is 2. The standard InChI is InChI=1S/C25H27N3O6S2/c1-18-3-8-21(9-4-18)27-35(30,31)22-11-6-20(7-12-22)25(29)26-24-17-23(10-5-19(24)2)36(32,33)28-13-15-34-16-14-28/h3-12,17,27H,13-16H2,1-2H3,(H,26,29). The van der Waals surface area contributed by atoms with Crippen LogP contribution in [0.5, 0.6) is 0 Å². The summed E-state index contributed by atoms with van der Waals surface area (Å²) in [4.78, 5) is 12.9. The maximum Gasteiger partial charge on any atom is 0.261 e. The molecule has 0 aliphatic carbocycles. The van der Waals surface area contributed by atoms with Gasteiger partial charge in [0.05, 0.1) is 23.0 Å². The highest BCUT2D eigenvalue weighted by atomic mass is 32.2. The van der Waals surface area contributed by atoms with Gasteiger partial charge in [0, 0.05) is 30.0 Å². The van der Waals surface area contributed by atoms with E-state index in [0.717, 1.165) is 5.56 Å². The minimum absolute atomic E-state index is 0.00871. The SMILES string of the molecule is Cc1ccc(NS(=O)(=O)c2ccc(C(=O)Nc3cc(S(=O)(=O)N4CCOCC4)ccc3C)cc2)cc1. The smallest absolute Gasteiger partial charge is 0.261 e. The normalized spacial score (nSPS) is 14.8. The van der Waals surface area contributed by atoms with Crippen LogP contribution in [0.1, 0.15) is 21.5 Å². The lowest BCUT2D eigenvalue weighted by Gasteiger charge is -2.26. The molecule has 1 aliphatic rings. The van der Waals surface area contributed by atoms with Gasteiger partial charge in [-0.3, -0.25) is 9.52 Å². The van der Waals surface area contributed by atoms with Crippen LogP contribution in [0.15, 0.2) is 76.5 Å². The number of nitrogens with one attached hydrogen (secondary N) is 2. The number of carbonyl (C=O) groups is 1. The highest BCUT2D eigenvalue weighted by Crippen LogP contribution is 2.25. The second-order valence-electron chi connectivity index (χ2n) is 8.44. The van der Waals surface area contributed by atoms with E-state index in [9.17, 15) is 21.6 Å². The molecule has 1 amide bonds. The van der Waals surface area contributed by atoms with Gasteiger partial charge in [-0.2, -0.15) is 4.31 Å². The van der Waals surface area contributed by atoms with E-state index in [1.807, 2.05) is 6.92 Å². The van der Waals surface area contributed by atoms with Gasteiger partial charge in [-0.1, -0.05) is 23.8 Å². The molecule has 0 spiro atoms. The monoisotopic (exact) mass is 529 g/mol. The summed E-state index contributed by atoms with van der Waals surface area (Å²) < 4.78 is 60.4. The Morgan fingerprint density at radius 3 is 2.08 bits per heavy atom. The summed E-state index contributed by atoms with van der Waals surface area (Å²) in [5, 5.41) is 2.73. The number of amides is 1. The van der Waals surface area contributed by atoms with Crippen LogP contribution >= 0.6 is 0 Å². The number of benzene rings is 3. The van der Waals surface area contributed by atoms with Crippen LogP contribution in [-0.2, 0) is 24.8 Å². The fourth-order valence-corrected chi connectivity index (χ4v) is 6.14. The van der Waals surface area contributed by atoms with Crippen molar-refractivity contribution in [3.8, 4) is 0 Å². The molecule has 190 valence electrons. The lowest BCUT2D eigenvalue weighted by molar-refractivity contribution is 0.0730. The summed E-state index contributed by atoms with van der Waals surface area (Å²) in [6, 6.07) is 17.0. The number of carbonyl (C=O) groups excluding carboxylic acids is 1. The van der Waals surface area contributed by atoms with E-state index >= 15 is 0 Å². The second kappa shape index (κ2) is 10.4. The third-order valence-corrected chi connectivity index (χ3v) is 9.09. The Balaban J connectivity index is 1.49. The van der Waals surface area contributed by atoms with Gasteiger partial charge < -0.3 is 10.1 Å². The third kappa shape index (κ3) is 5.76. The number of anilines is 2. The Morgan fingerprint density at radius 1 is 0.833 bits per heavy atom. The molecule has 9 nitrogen and oxygen atoms in total. The van der Waals surface area contributed by atoms with Crippen LogP contribution in [0.4, 0.5) is 11.4 Å². The molecule has 1 saturated heterocycles. The van der Waals surface area contributed by atoms with Crippen molar-refractivity contribution in [3.63, 3.8) is 0 Å². The number of ether oxygens (including phenoxy) is 1. The predicted octanol–water partition coefficient (Wildman–Crippen LogP) is 3.38. The quantitative estimate of drug-likeness (QED) is 0.484. The van der Waals surface area contributed by atoms with Gasteiger partial charge in [-0.15, -0.1) is 0 Å². The number of rotatable bonds is 7. The largest absolute Gasteiger partial charge is 0.379 e. The summed E-state index contributed by atoms with van der Waals surface area (Å²) in [5.41, 5.74) is 2.71. The van der Waals surface area contributed by atoms with Crippen molar-refractivity contribution in [2.45, 2.75) is 23.6 Å². The second-order valence-corrected chi connectivity index (χ2v) is 12.1. The number of morpholine rings is 1. The summed E-state index contributed by atoms with van der Waals surface area (Å²) in [6.45, 7) is 4.87. The molecule has 1 heterocycles. The van der Waals surface area contributed by atoms with Crippen LogP contribution in [0.25, 0.3) is 0 Å². The van der Waals surface area contributed by atoms with Crippen molar-refractivity contribution in [2.24, 2.45) is 0 Å². The number of nitrogens with zero attached hydrogens (tertiary/aromatic N) is 1. The average Bonchev–Trinajstić information content (AvgIpc) is 2.87. The molecule has 3 aromatic rings. The Morgan fingerprint density at radius 2 is 1.44 bits per heavy atom. The molecular formula is C25H27N3O6S2. The van der Waals surface area contributed by atoms with E-state index < -0.39 is 26.0 Å². The summed E-state index contributed by atoms with van der Waals surface area (Å²) in [5.74, 6) is -0.491. The van der Waals surface area contributed by atoms with Gasteiger partial charge in [0.25, 0.3) is 15.9 Å². The molecule has 0 saturated carbocycles. The lowest BCUT2D eigenvalue weighted by atomic mass is 10.1. The molecule has 0 aromatic heterocycles. The Kier molecular flexibility index (Phi) is 7.46. The molecule has 36 heavy (non-hydrogen) atoms. The fraction of sp³-hybridized carbons (Fsp3) is 0.240. The van der Waals surface area contributed by atoms with Crippen LogP contribution in [0.2, 0.25) is 0 Å². The van der Waals surface area contributed by atoms with Crippen molar-refractivity contribution in [2.75, 3.05) is 36.3 Å². The lowest BCUT2D eigenvalue weighted by Crippen LogP contribution is -2.40. The molecule has 0 unspecified atom stereocenters. The molecule has 2 N–H and O–H groups in total. The molecule has 0 radical (unpaired) electrons. The molecule has 11 heteroatoms. The van der Waals surface area contributed by atoms with Crippen LogP contribution in [-0.4, -0.2) is 53.4 Å². The summed E-state index contributed by atoms with van der Waals surface area (Å²) in [6.07, 6.45) is 0. The van der Waals surface area contributed by atoms with E-state index in [1.165, 1.54) is 40.7 Å². The van der Waals surface area contributed by atoms with E-state index in [2.05, 4.69) is 10.0 Å². The summed E-state index contributed by atoms with van der Waals surface area (Å²) >= 11 is 0. The topological polar surface area (TPSA) is 122 Å². The molecule has 0 atom stereocenters. The van der Waals surface area contributed by atoms with Gasteiger partial charge in [0.1, 0.15) is 0 Å². The van der Waals surface area contributed by atoms with Crippen molar-refractivity contribution >= 4 is 37.3 Å². The molecular weight excluding hydrogens is 502 g/mol. The fourth-order valence-electron chi connectivity index (χ4n) is 3.65. The van der Waals surface area contributed by atoms with E-state index in [-0.39, 0.29) is 28.4 Å². The minimum atomic E-state index is -3.83. The maximum atomic E-state index is 13.0. The van der Waals surface area contributed by atoms with Crippen molar-refractivity contribution in [1.82, 2.24) is 4.31 Å². The predicted molar refractivity (Wildman–Crippen MR) is 137 cm³/mol. The zero-order chi connectivity index (χ0) is 25.9. The van der Waals surface area contributed by atoms with Gasteiger partial charge >= 0.3 is 0 Å². The van der Waals surface area contributed by atoms with Crippen LogP contribution in [0, 0.1) is 13.8 Å². The number of hydrogen-bond donors (Lipinski definition) is 2. The zero-order valence-electron chi connectivity index (χ0n) is 19.9. The van der Waals surface area contributed by atoms with E-state index in [0.29, 0.717) is 30.2 Å². The maximum absolute atomic E-state index is 13.0. The molecule has 1 fully saturated rings. The first-order valence-corrected chi connectivity index (χ1v) is 14.2. The Labute approximate surface area is 211 Å². The third-order valence-electron chi connectivity index (χ3n) is 5.80. The molecule has 3 aromatic carbocycles. The van der Waals surface area contributed by atoms with E-state index in [4.69, 9.17) is 4.74 Å². The van der Waals surface area contributed by atoms with Gasteiger partial charge in [-0.05, 0) is 67.9 Å². The average molecular weight is 530 g/mol. The highest BCUT2D eigenvalue weighted by molar-refractivity contribution is 7.92. The molecule has 4 rings (SSSR count). The van der Waals surface area contributed by atoms with E-state index in [1.54, 1.807) is 37.3 Å².